The number of primary amides is 1. The summed E-state index contributed by atoms with van der Waals surface area (Å²) < 4.78 is 5.92. The average Bonchev–Trinajstić information content (AvgIpc) is 2.35. The Morgan fingerprint density at radius 2 is 2.19 bits per heavy atom. The number of hydrogen-bond acceptors (Lipinski definition) is 5. The smallest absolute Gasteiger partial charge is 0.252 e. The fourth-order valence-electron chi connectivity index (χ4n) is 2.93. The zero-order valence-electron chi connectivity index (χ0n) is 13.1. The summed E-state index contributed by atoms with van der Waals surface area (Å²) in [6.07, 6.45) is -0.0860. The Hall–Kier alpha value is -1.66. The number of nitrogens with two attached hydrogens (primary N) is 2. The first-order valence-electron chi connectivity index (χ1n) is 7.14. The number of pyridine rings is 1. The van der Waals surface area contributed by atoms with Crippen LogP contribution in [0.1, 0.15) is 35.5 Å². The Morgan fingerprint density at radius 1 is 1.52 bits per heavy atom. The molecule has 1 aromatic rings. The van der Waals surface area contributed by atoms with E-state index in [1.807, 2.05) is 33.8 Å². The second-order valence-corrected chi connectivity index (χ2v) is 6.26. The van der Waals surface area contributed by atoms with Gasteiger partial charge in [0.25, 0.3) is 5.91 Å². The maximum Gasteiger partial charge on any atom is 0.252 e. The van der Waals surface area contributed by atoms with Crippen molar-refractivity contribution in [3.05, 3.63) is 22.9 Å². The van der Waals surface area contributed by atoms with Crippen molar-refractivity contribution in [3.8, 4) is 0 Å². The lowest BCUT2D eigenvalue weighted by atomic mass is 10.0. The van der Waals surface area contributed by atoms with Crippen LogP contribution in [-0.2, 0) is 4.74 Å². The number of morpholine rings is 1. The van der Waals surface area contributed by atoms with Gasteiger partial charge in [-0.15, -0.1) is 0 Å². The summed E-state index contributed by atoms with van der Waals surface area (Å²) in [4.78, 5) is 18.4. The highest BCUT2D eigenvalue weighted by Crippen LogP contribution is 2.28. The monoisotopic (exact) mass is 292 g/mol. The first-order valence-corrected chi connectivity index (χ1v) is 7.14. The van der Waals surface area contributed by atoms with Crippen LogP contribution in [0.2, 0.25) is 0 Å². The van der Waals surface area contributed by atoms with Crippen molar-refractivity contribution in [1.82, 2.24) is 4.98 Å². The number of ether oxygens (including phenoxy) is 1. The van der Waals surface area contributed by atoms with Gasteiger partial charge in [0.05, 0.1) is 17.3 Å². The van der Waals surface area contributed by atoms with Gasteiger partial charge in [-0.1, -0.05) is 0 Å². The SMILES string of the molecule is Cc1cc(C)c(C(N)=O)c(N2CC(CN)OC(C)(C)C2)n1. The van der Waals surface area contributed by atoms with Gasteiger partial charge >= 0.3 is 0 Å². The molecule has 4 N–H and O–H groups in total. The molecule has 6 nitrogen and oxygen atoms in total. The van der Waals surface area contributed by atoms with E-state index in [1.54, 1.807) is 0 Å². The molecule has 0 aliphatic carbocycles. The van der Waals surface area contributed by atoms with Gasteiger partial charge in [0.1, 0.15) is 5.82 Å². The molecule has 2 heterocycles. The minimum Gasteiger partial charge on any atom is -0.367 e. The highest BCUT2D eigenvalue weighted by atomic mass is 16.5. The van der Waals surface area contributed by atoms with Crippen LogP contribution in [0.25, 0.3) is 0 Å². The molecule has 6 heteroatoms. The Balaban J connectivity index is 2.47. The van der Waals surface area contributed by atoms with Crippen LogP contribution in [0.15, 0.2) is 6.07 Å². The molecule has 2 rings (SSSR count). The van der Waals surface area contributed by atoms with Crippen molar-refractivity contribution in [2.75, 3.05) is 24.5 Å². The summed E-state index contributed by atoms with van der Waals surface area (Å²) in [5.41, 5.74) is 13.1. The molecule has 1 aromatic heterocycles. The molecule has 1 aliphatic heterocycles. The van der Waals surface area contributed by atoms with E-state index in [9.17, 15) is 4.79 Å². The lowest BCUT2D eigenvalue weighted by Gasteiger charge is -2.43. The van der Waals surface area contributed by atoms with E-state index in [1.165, 1.54) is 0 Å². The van der Waals surface area contributed by atoms with E-state index >= 15 is 0 Å². The van der Waals surface area contributed by atoms with Crippen LogP contribution >= 0.6 is 0 Å². The van der Waals surface area contributed by atoms with Crippen molar-refractivity contribution in [3.63, 3.8) is 0 Å². The predicted molar refractivity (Wildman–Crippen MR) is 82.4 cm³/mol. The number of carbonyl (C=O) groups excluding carboxylic acids is 1. The summed E-state index contributed by atoms with van der Waals surface area (Å²) in [5, 5.41) is 0. The molecular weight excluding hydrogens is 268 g/mol. The van der Waals surface area contributed by atoms with Gasteiger partial charge in [-0.05, 0) is 39.3 Å². The topological polar surface area (TPSA) is 94.5 Å². The quantitative estimate of drug-likeness (QED) is 0.857. The zero-order chi connectivity index (χ0) is 15.8. The van der Waals surface area contributed by atoms with E-state index in [4.69, 9.17) is 16.2 Å². The Morgan fingerprint density at radius 3 is 2.76 bits per heavy atom. The Bertz CT molecular complexity index is 557. The van der Waals surface area contributed by atoms with Gasteiger partial charge in [-0.3, -0.25) is 4.79 Å². The largest absolute Gasteiger partial charge is 0.367 e. The van der Waals surface area contributed by atoms with Gasteiger partial charge in [0.15, 0.2) is 0 Å². The van der Waals surface area contributed by atoms with E-state index in [2.05, 4.69) is 9.88 Å². The summed E-state index contributed by atoms with van der Waals surface area (Å²) >= 11 is 0. The van der Waals surface area contributed by atoms with Gasteiger partial charge in [-0.2, -0.15) is 0 Å². The number of carbonyl (C=O) groups is 1. The fourth-order valence-corrected chi connectivity index (χ4v) is 2.93. The van der Waals surface area contributed by atoms with Crippen LogP contribution in [-0.4, -0.2) is 42.2 Å². The molecule has 0 bridgehead atoms. The third kappa shape index (κ3) is 3.33. The van der Waals surface area contributed by atoms with E-state index < -0.39 is 5.91 Å². The molecule has 116 valence electrons. The molecule has 21 heavy (non-hydrogen) atoms. The highest BCUT2D eigenvalue weighted by molar-refractivity contribution is 5.99. The molecule has 1 saturated heterocycles. The van der Waals surface area contributed by atoms with Crippen LogP contribution in [0, 0.1) is 13.8 Å². The van der Waals surface area contributed by atoms with E-state index in [-0.39, 0.29) is 11.7 Å². The number of aromatic nitrogens is 1. The first kappa shape index (κ1) is 15.7. The predicted octanol–water partition coefficient (Wildman–Crippen LogP) is 0.740. The molecular formula is C15H24N4O2. The van der Waals surface area contributed by atoms with E-state index in [0.717, 1.165) is 11.3 Å². The molecule has 0 saturated carbocycles. The minimum absolute atomic E-state index is 0.0860. The van der Waals surface area contributed by atoms with Crippen molar-refractivity contribution in [1.29, 1.82) is 0 Å². The molecule has 1 atom stereocenters. The number of aryl methyl sites for hydroxylation is 2. The second kappa shape index (κ2) is 5.61. The summed E-state index contributed by atoms with van der Waals surface area (Å²) in [6.45, 7) is 9.48. The van der Waals surface area contributed by atoms with E-state index in [0.29, 0.717) is 31.0 Å². The maximum absolute atomic E-state index is 11.8. The normalized spacial score (nSPS) is 21.4. The number of anilines is 1. The molecule has 0 radical (unpaired) electrons. The van der Waals surface area contributed by atoms with Gasteiger partial charge < -0.3 is 21.1 Å². The van der Waals surface area contributed by atoms with Crippen molar-refractivity contribution >= 4 is 11.7 Å². The maximum atomic E-state index is 11.8. The third-order valence-electron chi connectivity index (χ3n) is 3.62. The van der Waals surface area contributed by atoms with Crippen LogP contribution in [0.3, 0.4) is 0 Å². The fraction of sp³-hybridized carbons (Fsp3) is 0.600. The minimum atomic E-state index is -0.455. The standard InChI is InChI=1S/C15H24N4O2/c1-9-5-10(2)18-14(12(9)13(17)20)19-7-11(6-16)21-15(3,4)8-19/h5,11H,6-8,16H2,1-4H3,(H2,17,20). The zero-order valence-corrected chi connectivity index (χ0v) is 13.1. The first-order chi connectivity index (χ1) is 9.73. The van der Waals surface area contributed by atoms with Crippen LogP contribution in [0.5, 0.6) is 0 Å². The van der Waals surface area contributed by atoms with Gasteiger partial charge in [0, 0.05) is 25.3 Å². The van der Waals surface area contributed by atoms with Crippen molar-refractivity contribution < 1.29 is 9.53 Å². The van der Waals surface area contributed by atoms with Crippen LogP contribution < -0.4 is 16.4 Å². The average molecular weight is 292 g/mol. The number of nitrogens with zero attached hydrogens (tertiary/aromatic N) is 2. The Kier molecular flexibility index (Phi) is 4.20. The Labute approximate surface area is 125 Å². The lowest BCUT2D eigenvalue weighted by molar-refractivity contribution is -0.0790. The molecule has 0 spiro atoms. The van der Waals surface area contributed by atoms with Gasteiger partial charge in [-0.25, -0.2) is 4.98 Å². The molecule has 1 amide bonds. The van der Waals surface area contributed by atoms with Crippen molar-refractivity contribution in [2.24, 2.45) is 11.5 Å². The molecule has 1 aliphatic rings. The highest BCUT2D eigenvalue weighted by Gasteiger charge is 2.35. The summed E-state index contributed by atoms with van der Waals surface area (Å²) in [5.74, 6) is 0.179. The second-order valence-electron chi connectivity index (χ2n) is 6.26. The van der Waals surface area contributed by atoms with Crippen LogP contribution in [0.4, 0.5) is 5.82 Å². The number of hydrogen-bond donors (Lipinski definition) is 2. The molecule has 0 aromatic carbocycles. The number of rotatable bonds is 3. The lowest BCUT2D eigenvalue weighted by Crippen LogP contribution is -2.55. The molecule has 1 unspecified atom stereocenters. The molecule has 1 fully saturated rings. The number of amides is 1. The third-order valence-corrected chi connectivity index (χ3v) is 3.62. The summed E-state index contributed by atoms with van der Waals surface area (Å²) in [7, 11) is 0. The van der Waals surface area contributed by atoms with Crippen molar-refractivity contribution in [2.45, 2.75) is 39.4 Å². The van der Waals surface area contributed by atoms with Gasteiger partial charge in [0.2, 0.25) is 0 Å². The summed E-state index contributed by atoms with van der Waals surface area (Å²) in [6, 6.07) is 1.87.